The van der Waals surface area contributed by atoms with Crippen molar-refractivity contribution in [1.29, 1.82) is 0 Å². The summed E-state index contributed by atoms with van der Waals surface area (Å²) in [5.74, 6) is -1.56. The molecule has 240 valence electrons. The van der Waals surface area contributed by atoms with Crippen LogP contribution < -0.4 is 4.90 Å². The fourth-order valence-corrected chi connectivity index (χ4v) is 5.88. The molecule has 0 aromatic heterocycles. The number of carbonyl (C=O) groups is 3. The maximum absolute atomic E-state index is 13.7. The summed E-state index contributed by atoms with van der Waals surface area (Å²) in [6, 6.07) is 4.79. The van der Waals surface area contributed by atoms with E-state index in [0.29, 0.717) is 54.9 Å². The van der Waals surface area contributed by atoms with Gasteiger partial charge in [0.25, 0.3) is 0 Å². The lowest BCUT2D eigenvalue weighted by Crippen LogP contribution is -2.48. The highest BCUT2D eigenvalue weighted by Gasteiger charge is 2.43. The van der Waals surface area contributed by atoms with Gasteiger partial charge in [0.2, 0.25) is 11.8 Å². The molecule has 0 saturated carbocycles. The molecule has 2 atom stereocenters. The van der Waals surface area contributed by atoms with Crippen LogP contribution in [0.2, 0.25) is 0 Å². The van der Waals surface area contributed by atoms with Crippen LogP contribution in [0.4, 0.5) is 41.2 Å². The minimum Gasteiger partial charge on any atom is -0.343 e. The molecule has 2 aromatic rings. The van der Waals surface area contributed by atoms with Crippen LogP contribution in [-0.2, 0) is 21.9 Å². The Labute approximate surface area is 250 Å². The number of hydrogen-bond donors (Lipinski definition) is 0. The molecular formula is C30H33F7N4O3. The fraction of sp³-hybridized carbons (Fsp3) is 0.500. The Morgan fingerprint density at radius 1 is 0.841 bits per heavy atom. The second-order valence-electron chi connectivity index (χ2n) is 11.2. The van der Waals surface area contributed by atoms with Crippen molar-refractivity contribution in [2.45, 2.75) is 50.5 Å². The second kappa shape index (κ2) is 12.6. The molecule has 0 radical (unpaired) electrons. The molecule has 0 unspecified atom stereocenters. The quantitative estimate of drug-likeness (QED) is 0.381. The molecule has 2 heterocycles. The van der Waals surface area contributed by atoms with Crippen molar-refractivity contribution in [2.24, 2.45) is 5.92 Å². The Hall–Kier alpha value is -3.84. The summed E-state index contributed by atoms with van der Waals surface area (Å²) in [6.07, 6.45) is -8.90. The smallest absolute Gasteiger partial charge is 0.343 e. The normalized spacial score (nSPS) is 19.7. The zero-order chi connectivity index (χ0) is 32.6. The molecule has 2 aliphatic heterocycles. The first-order valence-corrected chi connectivity index (χ1v) is 14.1. The SMILES string of the molecule is CCC(=O)N1CCC(C(=O)N2C[C@@H](N(C)C(=O)N(C)c3cc(C(F)(F)F)cc(C(F)(F)F)c3)[C@H](c3ccc(F)cc3)C2)CC1. The Balaban J connectivity index is 1.59. The first kappa shape index (κ1) is 33.1. The third-order valence-electron chi connectivity index (χ3n) is 8.44. The van der Waals surface area contributed by atoms with E-state index >= 15 is 0 Å². The minimum absolute atomic E-state index is 0.000825. The predicted molar refractivity (Wildman–Crippen MR) is 147 cm³/mol. The minimum atomic E-state index is -5.09. The Morgan fingerprint density at radius 3 is 1.89 bits per heavy atom. The van der Waals surface area contributed by atoms with Crippen LogP contribution in [0.15, 0.2) is 42.5 Å². The Bertz CT molecular complexity index is 1340. The number of anilines is 1. The van der Waals surface area contributed by atoms with E-state index in [-0.39, 0.29) is 36.9 Å². The van der Waals surface area contributed by atoms with Gasteiger partial charge in [-0.3, -0.25) is 14.5 Å². The number of likely N-dealkylation sites (tertiary alicyclic amines) is 2. The summed E-state index contributed by atoms with van der Waals surface area (Å²) >= 11 is 0. The van der Waals surface area contributed by atoms with Crippen LogP contribution in [0.1, 0.15) is 48.8 Å². The van der Waals surface area contributed by atoms with Gasteiger partial charge >= 0.3 is 18.4 Å². The monoisotopic (exact) mass is 630 g/mol. The molecule has 14 heteroatoms. The highest BCUT2D eigenvalue weighted by Crippen LogP contribution is 2.39. The van der Waals surface area contributed by atoms with Crippen molar-refractivity contribution in [3.05, 3.63) is 65.0 Å². The van der Waals surface area contributed by atoms with Crippen molar-refractivity contribution in [3.63, 3.8) is 0 Å². The highest BCUT2D eigenvalue weighted by molar-refractivity contribution is 5.92. The van der Waals surface area contributed by atoms with Crippen LogP contribution in [0.3, 0.4) is 0 Å². The molecule has 7 nitrogen and oxygen atoms in total. The lowest BCUT2D eigenvalue weighted by Gasteiger charge is -2.34. The molecule has 0 N–H and O–H groups in total. The van der Waals surface area contributed by atoms with Gasteiger partial charge in [0.05, 0.1) is 17.2 Å². The lowest BCUT2D eigenvalue weighted by molar-refractivity contribution is -0.143. The van der Waals surface area contributed by atoms with Crippen molar-refractivity contribution < 1.29 is 45.1 Å². The molecule has 2 fully saturated rings. The molecule has 4 rings (SSSR count). The van der Waals surface area contributed by atoms with Gasteiger partial charge in [0.15, 0.2) is 0 Å². The third kappa shape index (κ3) is 7.10. The van der Waals surface area contributed by atoms with Gasteiger partial charge in [-0.1, -0.05) is 19.1 Å². The van der Waals surface area contributed by atoms with E-state index in [0.717, 1.165) is 7.05 Å². The number of rotatable bonds is 5. The molecule has 4 amide bonds. The van der Waals surface area contributed by atoms with E-state index in [9.17, 15) is 45.1 Å². The number of nitrogens with zero attached hydrogens (tertiary/aromatic N) is 4. The summed E-state index contributed by atoms with van der Waals surface area (Å²) in [4.78, 5) is 44.4. The fourth-order valence-electron chi connectivity index (χ4n) is 5.88. The van der Waals surface area contributed by atoms with Crippen molar-refractivity contribution in [1.82, 2.24) is 14.7 Å². The molecule has 2 saturated heterocycles. The second-order valence-corrected chi connectivity index (χ2v) is 11.2. The highest BCUT2D eigenvalue weighted by atomic mass is 19.4. The summed E-state index contributed by atoms with van der Waals surface area (Å²) in [6.45, 7) is 2.83. The van der Waals surface area contributed by atoms with E-state index in [1.54, 1.807) is 16.7 Å². The molecule has 0 bridgehead atoms. The van der Waals surface area contributed by atoms with Gasteiger partial charge < -0.3 is 14.7 Å². The van der Waals surface area contributed by atoms with Crippen LogP contribution >= 0.6 is 0 Å². The van der Waals surface area contributed by atoms with Crippen LogP contribution in [0.25, 0.3) is 0 Å². The number of piperidine rings is 1. The van der Waals surface area contributed by atoms with Crippen molar-refractivity contribution in [3.8, 4) is 0 Å². The number of benzene rings is 2. The van der Waals surface area contributed by atoms with Crippen molar-refractivity contribution >= 4 is 23.5 Å². The topological polar surface area (TPSA) is 64.2 Å². The van der Waals surface area contributed by atoms with Crippen molar-refractivity contribution in [2.75, 3.05) is 45.2 Å². The first-order chi connectivity index (χ1) is 20.5. The third-order valence-corrected chi connectivity index (χ3v) is 8.44. The summed E-state index contributed by atoms with van der Waals surface area (Å²) in [5.41, 5.74) is -3.12. The van der Waals surface area contributed by atoms with E-state index in [1.807, 2.05) is 0 Å². The molecular weight excluding hydrogens is 597 g/mol. The van der Waals surface area contributed by atoms with Crippen LogP contribution in [0.5, 0.6) is 0 Å². The lowest BCUT2D eigenvalue weighted by atomic mass is 9.93. The number of halogens is 7. The molecule has 2 aromatic carbocycles. The standard InChI is InChI=1S/C30H33F7N4O3/c1-4-26(42)40-11-9-19(10-12-40)27(43)41-16-24(18-5-7-22(31)8-6-18)25(17-41)39(3)28(44)38(2)23-14-20(29(32,33)34)13-21(15-23)30(35,36)37/h5-8,13-15,19,24-25H,4,9-12,16-17H2,1-3H3/t24-,25+/m0/s1. The number of amides is 4. The molecule has 0 spiro atoms. The molecule has 0 aliphatic carbocycles. The summed E-state index contributed by atoms with van der Waals surface area (Å²) in [5, 5.41) is 0. The summed E-state index contributed by atoms with van der Waals surface area (Å²) in [7, 11) is 2.44. The van der Waals surface area contributed by atoms with Crippen LogP contribution in [-0.4, -0.2) is 78.9 Å². The number of alkyl halides is 6. The van der Waals surface area contributed by atoms with E-state index < -0.39 is 53.0 Å². The van der Waals surface area contributed by atoms with Gasteiger partial charge in [-0.15, -0.1) is 0 Å². The average molecular weight is 631 g/mol. The van der Waals surface area contributed by atoms with Gasteiger partial charge in [-0.25, -0.2) is 9.18 Å². The van der Waals surface area contributed by atoms with Gasteiger partial charge in [0.1, 0.15) is 5.82 Å². The number of hydrogen-bond acceptors (Lipinski definition) is 3. The van der Waals surface area contributed by atoms with E-state index in [2.05, 4.69) is 0 Å². The van der Waals surface area contributed by atoms with E-state index in [4.69, 9.17) is 0 Å². The van der Waals surface area contributed by atoms with E-state index in [1.165, 1.54) is 36.2 Å². The maximum atomic E-state index is 13.7. The maximum Gasteiger partial charge on any atom is 0.416 e. The summed E-state index contributed by atoms with van der Waals surface area (Å²) < 4.78 is 94.5. The Kier molecular flexibility index (Phi) is 9.50. The van der Waals surface area contributed by atoms with Gasteiger partial charge in [-0.05, 0) is 48.7 Å². The Morgan fingerprint density at radius 2 is 1.39 bits per heavy atom. The number of likely N-dealkylation sites (N-methyl/N-ethyl adjacent to an activating group) is 1. The number of carbonyl (C=O) groups excluding carboxylic acids is 3. The van der Waals surface area contributed by atoms with Gasteiger partial charge in [-0.2, -0.15) is 26.3 Å². The number of urea groups is 1. The first-order valence-electron chi connectivity index (χ1n) is 14.1. The zero-order valence-electron chi connectivity index (χ0n) is 24.4. The zero-order valence-corrected chi connectivity index (χ0v) is 24.4. The largest absolute Gasteiger partial charge is 0.416 e. The average Bonchev–Trinajstić information content (AvgIpc) is 3.44. The molecule has 44 heavy (non-hydrogen) atoms. The van der Waals surface area contributed by atoms with Crippen LogP contribution in [0, 0.1) is 11.7 Å². The predicted octanol–water partition coefficient (Wildman–Crippen LogP) is 5.99. The molecule has 2 aliphatic rings. The van der Waals surface area contributed by atoms with Gasteiger partial charge in [0, 0.05) is 64.2 Å².